The van der Waals surface area contributed by atoms with Crippen LogP contribution in [0.1, 0.15) is 47.6 Å². The molecule has 0 saturated carbocycles. The van der Waals surface area contributed by atoms with Crippen molar-refractivity contribution in [1.82, 2.24) is 4.98 Å². The molecule has 0 aliphatic rings. The number of oxazole rings is 1. The van der Waals surface area contributed by atoms with Gasteiger partial charge < -0.3 is 19.2 Å². The summed E-state index contributed by atoms with van der Waals surface area (Å²) in [6.45, 7) is 7.74. The van der Waals surface area contributed by atoms with E-state index in [2.05, 4.69) is 10.3 Å². The van der Waals surface area contributed by atoms with Crippen LogP contribution in [0.4, 0.5) is 5.00 Å². The van der Waals surface area contributed by atoms with Gasteiger partial charge in [-0.2, -0.15) is 0 Å². The minimum Gasteiger partial charge on any atom is -0.485 e. The first-order valence-corrected chi connectivity index (χ1v) is 11.9. The van der Waals surface area contributed by atoms with Gasteiger partial charge in [-0.05, 0) is 38.5 Å². The van der Waals surface area contributed by atoms with Crippen LogP contribution in [0.15, 0.2) is 46.9 Å². The molecule has 8 heteroatoms. The number of rotatable bonds is 8. The first-order chi connectivity index (χ1) is 16.4. The Balaban J connectivity index is 1.70. The SMILES string of the molecule is CCOC(=O)c1c(NC(=O)CC)sc2c(OCc3nc(-c4ccccc4)oc3C)c(C)ccc12. The molecule has 0 aliphatic carbocycles. The van der Waals surface area contributed by atoms with Gasteiger partial charge in [0.2, 0.25) is 11.8 Å². The largest absolute Gasteiger partial charge is 0.485 e. The predicted molar refractivity (Wildman–Crippen MR) is 132 cm³/mol. The van der Waals surface area contributed by atoms with Gasteiger partial charge in [-0.1, -0.05) is 37.3 Å². The van der Waals surface area contributed by atoms with E-state index < -0.39 is 5.97 Å². The van der Waals surface area contributed by atoms with Crippen LogP contribution in [-0.2, 0) is 16.1 Å². The molecule has 2 heterocycles. The Bertz CT molecular complexity index is 1340. The topological polar surface area (TPSA) is 90.7 Å². The van der Waals surface area contributed by atoms with Crippen LogP contribution in [0.25, 0.3) is 21.5 Å². The lowest BCUT2D eigenvalue weighted by Crippen LogP contribution is -2.12. The summed E-state index contributed by atoms with van der Waals surface area (Å²) in [7, 11) is 0. The molecule has 2 aromatic carbocycles. The third-order valence-electron chi connectivity index (χ3n) is 5.33. The van der Waals surface area contributed by atoms with Gasteiger partial charge in [0.05, 0.1) is 11.3 Å². The fourth-order valence-electron chi connectivity index (χ4n) is 3.53. The van der Waals surface area contributed by atoms with E-state index in [1.807, 2.05) is 56.3 Å². The highest BCUT2D eigenvalue weighted by molar-refractivity contribution is 7.24. The maximum atomic E-state index is 12.7. The number of hydrogen-bond donors (Lipinski definition) is 1. The summed E-state index contributed by atoms with van der Waals surface area (Å²) in [4.78, 5) is 29.5. The number of ether oxygens (including phenoxy) is 2. The molecular formula is C26H26N2O5S. The second-order valence-corrected chi connectivity index (χ2v) is 8.71. The maximum absolute atomic E-state index is 12.7. The minimum absolute atomic E-state index is 0.178. The van der Waals surface area contributed by atoms with E-state index in [9.17, 15) is 9.59 Å². The zero-order valence-electron chi connectivity index (χ0n) is 19.6. The molecule has 176 valence electrons. The van der Waals surface area contributed by atoms with Crippen LogP contribution < -0.4 is 10.1 Å². The molecule has 4 aromatic rings. The molecule has 0 spiro atoms. The van der Waals surface area contributed by atoms with E-state index in [0.29, 0.717) is 45.5 Å². The number of hydrogen-bond acceptors (Lipinski definition) is 7. The maximum Gasteiger partial charge on any atom is 0.341 e. The summed E-state index contributed by atoms with van der Waals surface area (Å²) < 4.78 is 18.1. The zero-order valence-corrected chi connectivity index (χ0v) is 20.4. The number of aryl methyl sites for hydroxylation is 2. The van der Waals surface area contributed by atoms with Crippen LogP contribution in [-0.4, -0.2) is 23.5 Å². The molecule has 4 rings (SSSR count). The minimum atomic E-state index is -0.477. The lowest BCUT2D eigenvalue weighted by atomic mass is 10.1. The molecule has 1 amide bonds. The Hall–Kier alpha value is -3.65. The molecule has 7 nitrogen and oxygen atoms in total. The number of amides is 1. The molecule has 0 atom stereocenters. The molecule has 0 saturated heterocycles. The summed E-state index contributed by atoms with van der Waals surface area (Å²) in [5.74, 6) is 1.20. The zero-order chi connectivity index (χ0) is 24.2. The van der Waals surface area contributed by atoms with Crippen molar-refractivity contribution in [3.63, 3.8) is 0 Å². The third kappa shape index (κ3) is 4.68. The number of aromatic nitrogens is 1. The molecular weight excluding hydrogens is 452 g/mol. The average Bonchev–Trinajstić information content (AvgIpc) is 3.39. The van der Waals surface area contributed by atoms with Gasteiger partial charge in [0.15, 0.2) is 0 Å². The first-order valence-electron chi connectivity index (χ1n) is 11.1. The van der Waals surface area contributed by atoms with E-state index >= 15 is 0 Å². The Labute approximate surface area is 201 Å². The van der Waals surface area contributed by atoms with Crippen LogP contribution in [0.3, 0.4) is 0 Å². The van der Waals surface area contributed by atoms with E-state index in [1.165, 1.54) is 11.3 Å². The third-order valence-corrected chi connectivity index (χ3v) is 6.45. The smallest absolute Gasteiger partial charge is 0.341 e. The van der Waals surface area contributed by atoms with Gasteiger partial charge in [0.1, 0.15) is 34.4 Å². The molecule has 0 unspecified atom stereocenters. The Morgan fingerprint density at radius 3 is 2.56 bits per heavy atom. The van der Waals surface area contributed by atoms with Gasteiger partial charge in [0, 0.05) is 17.4 Å². The quantitative estimate of drug-likeness (QED) is 0.300. The summed E-state index contributed by atoms with van der Waals surface area (Å²) in [6.07, 6.45) is 0.300. The fraction of sp³-hybridized carbons (Fsp3) is 0.269. The number of nitrogens with one attached hydrogen (secondary N) is 1. The lowest BCUT2D eigenvalue weighted by molar-refractivity contribution is -0.115. The summed E-state index contributed by atoms with van der Waals surface area (Å²) in [6, 6.07) is 13.4. The number of thiophene rings is 1. The molecule has 0 bridgehead atoms. The fourth-order valence-corrected chi connectivity index (χ4v) is 4.79. The number of anilines is 1. The molecule has 0 radical (unpaired) electrons. The van der Waals surface area contributed by atoms with Crippen molar-refractivity contribution in [2.24, 2.45) is 0 Å². The van der Waals surface area contributed by atoms with Gasteiger partial charge in [-0.25, -0.2) is 9.78 Å². The Morgan fingerprint density at radius 1 is 1.09 bits per heavy atom. The number of esters is 1. The van der Waals surface area contributed by atoms with Crippen molar-refractivity contribution in [3.8, 4) is 17.2 Å². The average molecular weight is 479 g/mol. The highest BCUT2D eigenvalue weighted by Gasteiger charge is 2.24. The van der Waals surface area contributed by atoms with Gasteiger partial charge >= 0.3 is 5.97 Å². The van der Waals surface area contributed by atoms with E-state index in [1.54, 1.807) is 13.8 Å². The van der Waals surface area contributed by atoms with Crippen LogP contribution >= 0.6 is 11.3 Å². The summed E-state index contributed by atoms with van der Waals surface area (Å²) in [5.41, 5.74) is 2.83. The Morgan fingerprint density at radius 2 is 1.85 bits per heavy atom. The van der Waals surface area contributed by atoms with E-state index in [0.717, 1.165) is 15.8 Å². The van der Waals surface area contributed by atoms with E-state index in [-0.39, 0.29) is 19.1 Å². The van der Waals surface area contributed by atoms with Crippen molar-refractivity contribution in [1.29, 1.82) is 0 Å². The number of fused-ring (bicyclic) bond motifs is 1. The van der Waals surface area contributed by atoms with Gasteiger partial charge in [0.25, 0.3) is 0 Å². The second kappa shape index (κ2) is 10.1. The highest BCUT2D eigenvalue weighted by atomic mass is 32.1. The second-order valence-electron chi connectivity index (χ2n) is 7.69. The molecule has 0 aliphatic heterocycles. The van der Waals surface area contributed by atoms with Crippen LogP contribution in [0, 0.1) is 13.8 Å². The first kappa shape index (κ1) is 23.5. The van der Waals surface area contributed by atoms with E-state index in [4.69, 9.17) is 13.9 Å². The highest BCUT2D eigenvalue weighted by Crippen LogP contribution is 2.43. The number of carbonyl (C=O) groups is 2. The molecule has 0 fully saturated rings. The summed E-state index contributed by atoms with van der Waals surface area (Å²) >= 11 is 1.30. The normalized spacial score (nSPS) is 10.9. The number of carbonyl (C=O) groups excluding carboxylic acids is 2. The van der Waals surface area contributed by atoms with Crippen molar-refractivity contribution in [2.75, 3.05) is 11.9 Å². The molecule has 1 N–H and O–H groups in total. The van der Waals surface area contributed by atoms with Crippen molar-refractivity contribution in [3.05, 3.63) is 65.0 Å². The van der Waals surface area contributed by atoms with Gasteiger partial charge in [-0.3, -0.25) is 4.79 Å². The number of nitrogens with zero attached hydrogens (tertiary/aromatic N) is 1. The van der Waals surface area contributed by atoms with Crippen LogP contribution in [0.5, 0.6) is 5.75 Å². The molecule has 34 heavy (non-hydrogen) atoms. The van der Waals surface area contributed by atoms with Crippen LogP contribution in [0.2, 0.25) is 0 Å². The predicted octanol–water partition coefficient (Wildman–Crippen LogP) is 6.28. The Kier molecular flexibility index (Phi) is 6.98. The molecule has 2 aromatic heterocycles. The summed E-state index contributed by atoms with van der Waals surface area (Å²) in [5, 5.41) is 3.97. The van der Waals surface area contributed by atoms with Crippen molar-refractivity contribution >= 4 is 38.3 Å². The van der Waals surface area contributed by atoms with Crippen molar-refractivity contribution in [2.45, 2.75) is 40.7 Å². The number of benzene rings is 2. The lowest BCUT2D eigenvalue weighted by Gasteiger charge is -2.09. The monoisotopic (exact) mass is 478 g/mol. The standard InChI is InChI=1S/C26H26N2O5S/c1-5-20(29)28-25-21(26(30)31-6-2)18-13-12-15(3)22(23(18)34-25)32-14-19-16(4)33-24(27-19)17-10-8-7-9-11-17/h7-13H,5-6,14H2,1-4H3,(H,28,29). The van der Waals surface area contributed by atoms with Gasteiger partial charge in [-0.15, -0.1) is 11.3 Å². The van der Waals surface area contributed by atoms with Crippen molar-refractivity contribution < 1.29 is 23.5 Å².